The topological polar surface area (TPSA) is 93.5 Å². The molecule has 1 atom stereocenters. The van der Waals surface area contributed by atoms with Crippen molar-refractivity contribution in [2.45, 2.75) is 37.6 Å². The lowest BCUT2D eigenvalue weighted by Crippen LogP contribution is -2.32. The molecule has 2 aromatic carbocycles. The number of nitrogens with one attached hydrogen (secondary N) is 1. The van der Waals surface area contributed by atoms with Crippen LogP contribution in [0.4, 0.5) is 4.39 Å². The Morgan fingerprint density at radius 1 is 1.20 bits per heavy atom. The van der Waals surface area contributed by atoms with Gasteiger partial charge in [0.15, 0.2) is 6.10 Å². The molecule has 2 aromatic heterocycles. The fourth-order valence-corrected chi connectivity index (χ4v) is 5.40. The van der Waals surface area contributed by atoms with Gasteiger partial charge in [-0.25, -0.2) is 14.2 Å². The summed E-state index contributed by atoms with van der Waals surface area (Å²) in [5.74, 6) is -1.14. The molecule has 6 rings (SSSR count). The normalized spacial score (nSPS) is 16.1. The largest absolute Gasteiger partial charge is 0.458 e. The molecule has 0 spiro atoms. The molecule has 2 N–H and O–H groups in total. The Balaban J connectivity index is 1.50. The minimum atomic E-state index is -1.52. The van der Waals surface area contributed by atoms with Crippen molar-refractivity contribution in [2.75, 3.05) is 0 Å². The SMILES string of the molecule is Cc1cc2c(CNSc3ccccc3)c3c(nc2cc1F)-c1cc2c(c(=O)n1C3)COC(=O)C2O. The third-order valence-corrected chi connectivity index (χ3v) is 7.33. The van der Waals surface area contributed by atoms with Crippen molar-refractivity contribution < 1.29 is 19.0 Å². The van der Waals surface area contributed by atoms with E-state index >= 15 is 0 Å². The highest BCUT2D eigenvalue weighted by atomic mass is 32.2. The fourth-order valence-electron chi connectivity index (χ4n) is 4.72. The van der Waals surface area contributed by atoms with Crippen molar-refractivity contribution in [3.05, 3.63) is 92.5 Å². The molecule has 4 aromatic rings. The quantitative estimate of drug-likeness (QED) is 0.293. The second-order valence-corrected chi connectivity index (χ2v) is 9.60. The van der Waals surface area contributed by atoms with Gasteiger partial charge in [0.25, 0.3) is 5.56 Å². The molecule has 2 aliphatic rings. The van der Waals surface area contributed by atoms with Gasteiger partial charge in [-0.2, -0.15) is 0 Å². The van der Waals surface area contributed by atoms with Crippen molar-refractivity contribution in [1.82, 2.24) is 14.3 Å². The molecule has 35 heavy (non-hydrogen) atoms. The summed E-state index contributed by atoms with van der Waals surface area (Å²) in [5, 5.41) is 11.2. The van der Waals surface area contributed by atoms with E-state index in [-0.39, 0.29) is 35.7 Å². The summed E-state index contributed by atoms with van der Waals surface area (Å²) in [7, 11) is 0. The number of esters is 1. The van der Waals surface area contributed by atoms with Crippen LogP contribution in [-0.2, 0) is 29.2 Å². The Bertz CT molecular complexity index is 1590. The standard InChI is InChI=1S/C26H20FN3O4S/c1-13-7-15-17(10-28-35-14-5-3-2-4-6-14)18-11-30-22(23(18)29-21(15)9-20(13)27)8-16-19(25(30)32)12-34-26(33)24(16)31/h2-9,24,28,31H,10-12H2,1H3. The van der Waals surface area contributed by atoms with Gasteiger partial charge in [0, 0.05) is 34.0 Å². The summed E-state index contributed by atoms with van der Waals surface area (Å²) >= 11 is 1.48. The van der Waals surface area contributed by atoms with E-state index in [0.717, 1.165) is 21.4 Å². The zero-order valence-electron chi connectivity index (χ0n) is 18.7. The van der Waals surface area contributed by atoms with Gasteiger partial charge in [0.1, 0.15) is 12.4 Å². The first-order chi connectivity index (χ1) is 16.9. The third kappa shape index (κ3) is 3.54. The maximum atomic E-state index is 14.5. The average Bonchev–Trinajstić information content (AvgIpc) is 3.22. The lowest BCUT2D eigenvalue weighted by Gasteiger charge is -2.21. The van der Waals surface area contributed by atoms with Crippen LogP contribution in [0.15, 0.2) is 58.2 Å². The number of hydrogen-bond acceptors (Lipinski definition) is 7. The van der Waals surface area contributed by atoms with Gasteiger partial charge in [0.05, 0.1) is 29.0 Å². The first-order valence-corrected chi connectivity index (χ1v) is 11.9. The van der Waals surface area contributed by atoms with E-state index in [1.807, 2.05) is 30.3 Å². The molecule has 9 heteroatoms. The number of rotatable bonds is 4. The van der Waals surface area contributed by atoms with Crippen LogP contribution in [0.2, 0.25) is 0 Å². The molecule has 0 amide bonds. The number of halogens is 1. The molecule has 0 fully saturated rings. The van der Waals surface area contributed by atoms with Crippen molar-refractivity contribution in [3.63, 3.8) is 0 Å². The summed E-state index contributed by atoms with van der Waals surface area (Å²) in [4.78, 5) is 31.0. The summed E-state index contributed by atoms with van der Waals surface area (Å²) in [5.41, 5.74) is 3.99. The maximum absolute atomic E-state index is 14.5. The predicted molar refractivity (Wildman–Crippen MR) is 129 cm³/mol. The van der Waals surface area contributed by atoms with Gasteiger partial charge in [-0.3, -0.25) is 9.52 Å². The Hall–Kier alpha value is -3.53. The predicted octanol–water partition coefficient (Wildman–Crippen LogP) is 3.76. The molecule has 0 aliphatic carbocycles. The number of aromatic nitrogens is 2. The number of aliphatic hydroxyl groups is 1. The molecule has 0 saturated heterocycles. The smallest absolute Gasteiger partial charge is 0.340 e. The van der Waals surface area contributed by atoms with E-state index < -0.39 is 12.1 Å². The molecule has 2 aliphatic heterocycles. The Morgan fingerprint density at radius 3 is 2.80 bits per heavy atom. The molecule has 0 saturated carbocycles. The van der Waals surface area contributed by atoms with Crippen molar-refractivity contribution in [2.24, 2.45) is 0 Å². The second-order valence-electron chi connectivity index (χ2n) is 8.64. The number of hydrogen-bond donors (Lipinski definition) is 2. The monoisotopic (exact) mass is 489 g/mol. The van der Waals surface area contributed by atoms with Crippen LogP contribution in [0.25, 0.3) is 22.3 Å². The van der Waals surface area contributed by atoms with Gasteiger partial charge >= 0.3 is 5.97 Å². The number of ether oxygens (including phenoxy) is 1. The molecule has 176 valence electrons. The number of pyridine rings is 2. The van der Waals surface area contributed by atoms with Gasteiger partial charge in [-0.05, 0) is 54.3 Å². The Labute approximate surface area is 203 Å². The molecule has 4 heterocycles. The van der Waals surface area contributed by atoms with Crippen molar-refractivity contribution in [3.8, 4) is 11.4 Å². The Kier molecular flexibility index (Phi) is 5.21. The number of benzene rings is 2. The summed E-state index contributed by atoms with van der Waals surface area (Å²) in [6, 6.07) is 14.7. The van der Waals surface area contributed by atoms with Crippen LogP contribution in [0.3, 0.4) is 0 Å². The molecule has 0 radical (unpaired) electrons. The number of aliphatic hydroxyl groups excluding tert-OH is 1. The van der Waals surface area contributed by atoms with Gasteiger partial charge in [-0.15, -0.1) is 0 Å². The van der Waals surface area contributed by atoms with Gasteiger partial charge in [-0.1, -0.05) is 18.2 Å². The number of nitrogens with zero attached hydrogens (tertiary/aromatic N) is 2. The summed E-state index contributed by atoms with van der Waals surface area (Å²) < 4.78 is 24.4. The number of carbonyl (C=O) groups is 1. The van der Waals surface area contributed by atoms with E-state index in [9.17, 15) is 19.1 Å². The third-order valence-electron chi connectivity index (χ3n) is 6.54. The molecule has 0 bridgehead atoms. The lowest BCUT2D eigenvalue weighted by atomic mass is 9.98. The minimum absolute atomic E-state index is 0.178. The van der Waals surface area contributed by atoms with Crippen LogP contribution in [0.1, 0.15) is 33.9 Å². The van der Waals surface area contributed by atoms with Crippen molar-refractivity contribution in [1.29, 1.82) is 0 Å². The average molecular weight is 490 g/mol. The molecule has 7 nitrogen and oxygen atoms in total. The highest BCUT2D eigenvalue weighted by molar-refractivity contribution is 7.97. The number of aryl methyl sites for hydroxylation is 1. The minimum Gasteiger partial charge on any atom is -0.458 e. The zero-order chi connectivity index (χ0) is 24.3. The molecule has 1 unspecified atom stereocenters. The number of carbonyl (C=O) groups excluding carboxylic acids is 1. The molecular formula is C26H20FN3O4S. The summed E-state index contributed by atoms with van der Waals surface area (Å²) in [6.07, 6.45) is -1.52. The van der Waals surface area contributed by atoms with Crippen LogP contribution >= 0.6 is 11.9 Å². The van der Waals surface area contributed by atoms with Crippen LogP contribution in [-0.4, -0.2) is 20.6 Å². The van der Waals surface area contributed by atoms with E-state index in [1.54, 1.807) is 23.6 Å². The highest BCUT2D eigenvalue weighted by Gasteiger charge is 2.34. The highest BCUT2D eigenvalue weighted by Crippen LogP contribution is 2.38. The van der Waals surface area contributed by atoms with E-state index in [2.05, 4.69) is 4.72 Å². The molecular weight excluding hydrogens is 469 g/mol. The number of cyclic esters (lactones) is 1. The zero-order valence-corrected chi connectivity index (χ0v) is 19.5. The first kappa shape index (κ1) is 22.0. The van der Waals surface area contributed by atoms with E-state index in [4.69, 9.17) is 9.72 Å². The van der Waals surface area contributed by atoms with E-state index in [0.29, 0.717) is 29.0 Å². The first-order valence-electron chi connectivity index (χ1n) is 11.1. The van der Waals surface area contributed by atoms with E-state index in [1.165, 1.54) is 18.0 Å². The van der Waals surface area contributed by atoms with Crippen LogP contribution < -0.4 is 10.3 Å². The number of fused-ring (bicyclic) bond motifs is 5. The van der Waals surface area contributed by atoms with Crippen molar-refractivity contribution >= 4 is 28.8 Å². The Morgan fingerprint density at radius 2 is 2.00 bits per heavy atom. The van der Waals surface area contributed by atoms with Crippen LogP contribution in [0.5, 0.6) is 0 Å². The van der Waals surface area contributed by atoms with Gasteiger partial charge < -0.3 is 14.4 Å². The lowest BCUT2D eigenvalue weighted by molar-refractivity contribution is -0.157. The fraction of sp³-hybridized carbons (Fsp3) is 0.192. The second kappa shape index (κ2) is 8.30. The summed E-state index contributed by atoms with van der Waals surface area (Å²) in [6.45, 7) is 2.28. The van der Waals surface area contributed by atoms with Gasteiger partial charge in [0.2, 0.25) is 0 Å². The maximum Gasteiger partial charge on any atom is 0.340 e. The van der Waals surface area contributed by atoms with Crippen LogP contribution in [0, 0.1) is 12.7 Å².